The molecule has 0 aliphatic heterocycles. The fraction of sp³-hybridized carbons (Fsp3) is 0.571. The Labute approximate surface area is 158 Å². The zero-order valence-corrected chi connectivity index (χ0v) is 18.3. The number of allylic oxidation sites excluding steroid dienone is 1. The molecule has 1 aliphatic rings. The maximum Gasteiger partial charge on any atom is 0.250 e. The molecule has 138 valence electrons. The first-order valence-electron chi connectivity index (χ1n) is 9.09. The van der Waals surface area contributed by atoms with Gasteiger partial charge in [-0.25, -0.2) is 0 Å². The van der Waals surface area contributed by atoms with Gasteiger partial charge in [0, 0.05) is 22.8 Å². The predicted molar refractivity (Wildman–Crippen MR) is 111 cm³/mol. The van der Waals surface area contributed by atoms with Gasteiger partial charge in [-0.1, -0.05) is 58.0 Å². The van der Waals surface area contributed by atoms with Crippen LogP contribution in [0.3, 0.4) is 0 Å². The number of thioether (sulfide) groups is 1. The van der Waals surface area contributed by atoms with Crippen LogP contribution < -0.4 is 0 Å². The highest BCUT2D eigenvalue weighted by molar-refractivity contribution is 7.99. The SMILES string of the molecule is CC(C)(C)[Si](C)(C)OC1=C[C@H](SCc2ccccc2)[C@](C)(C=O)CC1. The highest BCUT2D eigenvalue weighted by Crippen LogP contribution is 2.44. The number of carbonyl (C=O) groups is 1. The van der Waals surface area contributed by atoms with Crippen LogP contribution in [0.4, 0.5) is 0 Å². The second-order valence-electron chi connectivity index (χ2n) is 8.84. The Balaban J connectivity index is 2.16. The highest BCUT2D eigenvalue weighted by atomic mass is 32.2. The Bertz CT molecular complexity index is 619. The Morgan fingerprint density at radius 2 is 1.92 bits per heavy atom. The molecule has 0 saturated carbocycles. The third-order valence-corrected chi connectivity index (χ3v) is 11.5. The first-order valence-corrected chi connectivity index (χ1v) is 13.0. The van der Waals surface area contributed by atoms with Crippen molar-refractivity contribution in [1.82, 2.24) is 0 Å². The van der Waals surface area contributed by atoms with Crippen LogP contribution in [0.1, 0.15) is 46.1 Å². The van der Waals surface area contributed by atoms with Crippen LogP contribution in [0.15, 0.2) is 42.2 Å². The van der Waals surface area contributed by atoms with Gasteiger partial charge in [0.1, 0.15) is 6.29 Å². The summed E-state index contributed by atoms with van der Waals surface area (Å²) >= 11 is 1.85. The van der Waals surface area contributed by atoms with E-state index in [-0.39, 0.29) is 15.7 Å². The maximum absolute atomic E-state index is 11.8. The lowest BCUT2D eigenvalue weighted by atomic mass is 9.79. The lowest BCUT2D eigenvalue weighted by molar-refractivity contribution is -0.115. The number of benzene rings is 1. The van der Waals surface area contributed by atoms with Crippen molar-refractivity contribution in [2.45, 2.75) is 69.7 Å². The third-order valence-electron chi connectivity index (χ3n) is 5.63. The molecule has 4 heteroatoms. The molecule has 0 amide bonds. The number of aldehydes is 1. The molecular weight excluding hydrogens is 344 g/mol. The van der Waals surface area contributed by atoms with E-state index in [2.05, 4.69) is 71.1 Å². The van der Waals surface area contributed by atoms with Gasteiger partial charge in [0.05, 0.1) is 5.76 Å². The van der Waals surface area contributed by atoms with Gasteiger partial charge in [-0.15, -0.1) is 11.8 Å². The summed E-state index contributed by atoms with van der Waals surface area (Å²) < 4.78 is 6.53. The van der Waals surface area contributed by atoms with Crippen LogP contribution in [0.2, 0.25) is 18.1 Å². The van der Waals surface area contributed by atoms with Gasteiger partial charge in [0.2, 0.25) is 8.32 Å². The van der Waals surface area contributed by atoms with Crippen LogP contribution >= 0.6 is 11.8 Å². The van der Waals surface area contributed by atoms with E-state index in [1.165, 1.54) is 5.56 Å². The van der Waals surface area contributed by atoms with E-state index in [0.717, 1.165) is 30.6 Å². The molecule has 0 spiro atoms. The second-order valence-corrected chi connectivity index (χ2v) is 14.7. The minimum atomic E-state index is -1.83. The monoisotopic (exact) mass is 376 g/mol. The van der Waals surface area contributed by atoms with Crippen molar-refractivity contribution in [3.8, 4) is 0 Å². The standard InChI is InChI=1S/C21H32O2SSi/c1-20(2,3)25(5,6)23-18-12-13-21(4,16-22)19(14-18)24-15-17-10-8-7-9-11-17/h7-11,14,16,19H,12-13,15H2,1-6H3/t19-,21-/m0/s1. The normalized spacial score (nSPS) is 24.6. The van der Waals surface area contributed by atoms with Crippen molar-refractivity contribution in [2.75, 3.05) is 0 Å². The molecule has 1 aromatic rings. The van der Waals surface area contributed by atoms with E-state index < -0.39 is 8.32 Å². The molecule has 1 aromatic carbocycles. The first-order chi connectivity index (χ1) is 11.6. The minimum Gasteiger partial charge on any atom is -0.547 e. The average molecular weight is 377 g/mol. The van der Waals surface area contributed by atoms with E-state index in [1.807, 2.05) is 17.8 Å². The van der Waals surface area contributed by atoms with Gasteiger partial charge in [0.25, 0.3) is 0 Å². The molecule has 0 bridgehead atoms. The zero-order valence-electron chi connectivity index (χ0n) is 16.5. The summed E-state index contributed by atoms with van der Waals surface area (Å²) in [5, 5.41) is 0.352. The molecule has 25 heavy (non-hydrogen) atoms. The molecule has 2 atom stereocenters. The van der Waals surface area contributed by atoms with Gasteiger partial charge in [-0.2, -0.15) is 0 Å². The van der Waals surface area contributed by atoms with E-state index in [9.17, 15) is 4.79 Å². The zero-order chi connectivity index (χ0) is 18.7. The summed E-state index contributed by atoms with van der Waals surface area (Å²) in [7, 11) is -1.83. The molecule has 0 heterocycles. The number of carbonyl (C=O) groups excluding carboxylic acids is 1. The maximum atomic E-state index is 11.8. The molecule has 0 radical (unpaired) electrons. The van der Waals surface area contributed by atoms with Crippen LogP contribution in [-0.4, -0.2) is 19.9 Å². The average Bonchev–Trinajstić information content (AvgIpc) is 2.55. The van der Waals surface area contributed by atoms with Crippen LogP contribution in [0.5, 0.6) is 0 Å². The molecule has 1 aliphatic carbocycles. The summed E-state index contributed by atoms with van der Waals surface area (Å²) in [6.07, 6.45) is 5.11. The molecule has 0 aromatic heterocycles. The highest BCUT2D eigenvalue weighted by Gasteiger charge is 2.42. The number of hydrogen-bond donors (Lipinski definition) is 0. The lowest BCUT2D eigenvalue weighted by Crippen LogP contribution is -2.42. The van der Waals surface area contributed by atoms with Crippen molar-refractivity contribution in [3.05, 3.63) is 47.7 Å². The Kier molecular flexibility index (Phi) is 6.26. The Hall–Kier alpha value is -1.00. The molecule has 0 saturated heterocycles. The van der Waals surface area contributed by atoms with Crippen LogP contribution in [0.25, 0.3) is 0 Å². The van der Waals surface area contributed by atoms with Gasteiger partial charge >= 0.3 is 0 Å². The molecule has 0 N–H and O–H groups in total. The van der Waals surface area contributed by atoms with Crippen LogP contribution in [0, 0.1) is 5.41 Å². The lowest BCUT2D eigenvalue weighted by Gasteiger charge is -2.41. The molecule has 2 rings (SSSR count). The van der Waals surface area contributed by atoms with E-state index >= 15 is 0 Å². The summed E-state index contributed by atoms with van der Waals surface area (Å²) in [5.41, 5.74) is 0.992. The fourth-order valence-electron chi connectivity index (χ4n) is 2.67. The fourth-order valence-corrected chi connectivity index (χ4v) is 5.17. The molecule has 2 nitrogen and oxygen atoms in total. The van der Waals surface area contributed by atoms with Crippen molar-refractivity contribution in [3.63, 3.8) is 0 Å². The van der Waals surface area contributed by atoms with E-state index in [1.54, 1.807) is 0 Å². The Morgan fingerprint density at radius 3 is 2.48 bits per heavy atom. The van der Waals surface area contributed by atoms with Gasteiger partial charge in [-0.05, 0) is 36.2 Å². The Morgan fingerprint density at radius 1 is 1.28 bits per heavy atom. The summed E-state index contributed by atoms with van der Waals surface area (Å²) in [6, 6.07) is 10.5. The summed E-state index contributed by atoms with van der Waals surface area (Å²) in [5.74, 6) is 2.01. The third kappa shape index (κ3) is 5.01. The molecule has 0 unspecified atom stereocenters. The second kappa shape index (κ2) is 7.71. The largest absolute Gasteiger partial charge is 0.547 e. The number of hydrogen-bond acceptors (Lipinski definition) is 3. The summed E-state index contributed by atoms with van der Waals surface area (Å²) in [4.78, 5) is 11.8. The van der Waals surface area contributed by atoms with Crippen molar-refractivity contribution in [2.24, 2.45) is 5.41 Å². The molecular formula is C21H32O2SSi. The van der Waals surface area contributed by atoms with Crippen LogP contribution in [-0.2, 0) is 15.0 Å². The van der Waals surface area contributed by atoms with Crippen molar-refractivity contribution >= 4 is 26.4 Å². The summed E-state index contributed by atoms with van der Waals surface area (Å²) in [6.45, 7) is 13.4. The number of rotatable bonds is 6. The first kappa shape index (κ1) is 20.3. The topological polar surface area (TPSA) is 26.3 Å². The van der Waals surface area contributed by atoms with E-state index in [0.29, 0.717) is 0 Å². The van der Waals surface area contributed by atoms with Gasteiger partial charge < -0.3 is 9.22 Å². The minimum absolute atomic E-state index is 0.165. The smallest absolute Gasteiger partial charge is 0.250 e. The quantitative estimate of drug-likeness (QED) is 0.437. The van der Waals surface area contributed by atoms with Gasteiger partial charge in [-0.3, -0.25) is 0 Å². The van der Waals surface area contributed by atoms with Crippen molar-refractivity contribution < 1.29 is 9.22 Å². The van der Waals surface area contributed by atoms with Crippen molar-refractivity contribution in [1.29, 1.82) is 0 Å². The predicted octanol–water partition coefficient (Wildman–Crippen LogP) is 6.19. The van der Waals surface area contributed by atoms with Gasteiger partial charge in [0.15, 0.2) is 0 Å². The molecule has 0 fully saturated rings. The van der Waals surface area contributed by atoms with E-state index in [4.69, 9.17) is 4.43 Å².